The summed E-state index contributed by atoms with van der Waals surface area (Å²) < 4.78 is 16.4. The second-order valence-electron chi connectivity index (χ2n) is 9.97. The van der Waals surface area contributed by atoms with Gasteiger partial charge >= 0.3 is 18.0 Å². The second-order valence-corrected chi connectivity index (χ2v) is 9.97. The molecule has 2 fully saturated rings. The van der Waals surface area contributed by atoms with Crippen molar-refractivity contribution in [3.63, 3.8) is 0 Å². The van der Waals surface area contributed by atoms with Gasteiger partial charge in [-0.2, -0.15) is 0 Å². The Morgan fingerprint density at radius 3 is 2.03 bits per heavy atom. The molecule has 0 aromatic heterocycles. The molecule has 0 aromatic rings. The Balaban J connectivity index is 1.93. The molecule has 2 aliphatic rings. The molecule has 1 amide bonds. The number of rotatable bonds is 5. The average Bonchev–Trinajstić information content (AvgIpc) is 2.53. The van der Waals surface area contributed by atoms with Gasteiger partial charge in [-0.15, -0.1) is 0 Å². The fraction of sp³-hybridized carbons (Fsp3) is 0.857. The van der Waals surface area contributed by atoms with Crippen LogP contribution in [-0.2, 0) is 23.8 Å². The maximum Gasteiger partial charge on any atom is 0.410 e. The Kier molecular flexibility index (Phi) is 7.54. The van der Waals surface area contributed by atoms with E-state index in [9.17, 15) is 14.4 Å². The minimum atomic E-state index is -0.956. The third-order valence-electron chi connectivity index (χ3n) is 4.76. The number of likely N-dealkylation sites (tertiary alicyclic amines) is 1. The molecule has 8 nitrogen and oxygen atoms in total. The number of carbonyl (C=O) groups excluding carboxylic acids is 3. The summed E-state index contributed by atoms with van der Waals surface area (Å²) in [6, 6.07) is 0. The minimum Gasteiger partial charge on any atom is -0.457 e. The number of amides is 1. The molecule has 2 heterocycles. The molecule has 1 unspecified atom stereocenters. The van der Waals surface area contributed by atoms with E-state index in [1.807, 2.05) is 20.8 Å². The van der Waals surface area contributed by atoms with Crippen LogP contribution in [0.1, 0.15) is 60.8 Å². The standard InChI is InChI=1S/C21H36N2O6/c1-20(2,3)28-18(25)16(27-17(24)15-7-9-22-10-8-15)11-14-12-23(13-14)19(26)29-21(4,5)6/h14-16,22H,7-13H2,1-6H3. The highest BCUT2D eigenvalue weighted by atomic mass is 16.6. The molecule has 166 valence electrons. The molecule has 2 saturated heterocycles. The van der Waals surface area contributed by atoms with E-state index in [0.29, 0.717) is 32.4 Å². The Hall–Kier alpha value is -1.83. The monoisotopic (exact) mass is 412 g/mol. The van der Waals surface area contributed by atoms with Crippen molar-refractivity contribution in [2.75, 3.05) is 26.2 Å². The molecule has 0 aliphatic carbocycles. The first kappa shape index (κ1) is 23.4. The summed E-state index contributed by atoms with van der Waals surface area (Å²) in [5.41, 5.74) is -1.22. The Bertz CT molecular complexity index is 595. The normalized spacial score (nSPS) is 19.9. The van der Waals surface area contributed by atoms with Crippen molar-refractivity contribution in [2.45, 2.75) is 78.1 Å². The van der Waals surface area contributed by atoms with Gasteiger partial charge in [-0.3, -0.25) is 4.79 Å². The first-order valence-electron chi connectivity index (χ1n) is 10.5. The number of esters is 2. The lowest BCUT2D eigenvalue weighted by atomic mass is 9.93. The third kappa shape index (κ3) is 7.84. The van der Waals surface area contributed by atoms with Crippen LogP contribution < -0.4 is 5.32 Å². The summed E-state index contributed by atoms with van der Waals surface area (Å²) in [5, 5.41) is 3.21. The summed E-state index contributed by atoms with van der Waals surface area (Å²) in [6.07, 6.45) is 0.424. The van der Waals surface area contributed by atoms with Crippen LogP contribution in [0.4, 0.5) is 4.79 Å². The highest BCUT2D eigenvalue weighted by molar-refractivity contribution is 5.80. The van der Waals surface area contributed by atoms with Crippen molar-refractivity contribution in [3.05, 3.63) is 0 Å². The van der Waals surface area contributed by atoms with Crippen molar-refractivity contribution in [3.8, 4) is 0 Å². The lowest BCUT2D eigenvalue weighted by Gasteiger charge is -2.40. The van der Waals surface area contributed by atoms with Crippen molar-refractivity contribution in [2.24, 2.45) is 11.8 Å². The molecule has 0 saturated carbocycles. The van der Waals surface area contributed by atoms with Gasteiger partial charge in [-0.1, -0.05) is 0 Å². The summed E-state index contributed by atoms with van der Waals surface area (Å²) in [6.45, 7) is 13.3. The van der Waals surface area contributed by atoms with Crippen molar-refractivity contribution >= 4 is 18.0 Å². The smallest absolute Gasteiger partial charge is 0.410 e. The quantitative estimate of drug-likeness (QED) is 0.548. The predicted octanol–water partition coefficient (Wildman–Crippen LogP) is 2.50. The first-order chi connectivity index (χ1) is 13.3. The van der Waals surface area contributed by atoms with E-state index in [1.54, 1.807) is 25.7 Å². The minimum absolute atomic E-state index is 0.0564. The molecular weight excluding hydrogens is 376 g/mol. The van der Waals surface area contributed by atoms with Crippen LogP contribution in [0.3, 0.4) is 0 Å². The van der Waals surface area contributed by atoms with E-state index in [2.05, 4.69) is 5.32 Å². The van der Waals surface area contributed by atoms with Gasteiger partial charge in [0.1, 0.15) is 11.2 Å². The van der Waals surface area contributed by atoms with Crippen LogP contribution in [0.25, 0.3) is 0 Å². The average molecular weight is 413 g/mol. The van der Waals surface area contributed by atoms with Gasteiger partial charge in [0.05, 0.1) is 5.92 Å². The Labute approximate surface area is 173 Å². The van der Waals surface area contributed by atoms with Gasteiger partial charge in [0.15, 0.2) is 6.10 Å². The van der Waals surface area contributed by atoms with Gasteiger partial charge in [0.2, 0.25) is 0 Å². The molecule has 8 heteroatoms. The Morgan fingerprint density at radius 2 is 1.52 bits per heavy atom. The van der Waals surface area contributed by atoms with Crippen LogP contribution in [0, 0.1) is 11.8 Å². The summed E-state index contributed by atoms with van der Waals surface area (Å²) in [5.74, 6) is -1.01. The van der Waals surface area contributed by atoms with Gasteiger partial charge in [0.25, 0.3) is 0 Å². The largest absolute Gasteiger partial charge is 0.457 e. The zero-order chi connectivity index (χ0) is 21.8. The number of nitrogens with zero attached hydrogens (tertiary/aromatic N) is 1. The van der Waals surface area contributed by atoms with Crippen LogP contribution >= 0.6 is 0 Å². The van der Waals surface area contributed by atoms with Crippen LogP contribution in [0.5, 0.6) is 0 Å². The van der Waals surface area contributed by atoms with E-state index in [0.717, 1.165) is 13.1 Å². The molecule has 0 bridgehead atoms. The number of piperidine rings is 1. The van der Waals surface area contributed by atoms with E-state index < -0.39 is 23.3 Å². The molecule has 0 spiro atoms. The molecule has 29 heavy (non-hydrogen) atoms. The van der Waals surface area contributed by atoms with Gasteiger partial charge in [-0.25, -0.2) is 9.59 Å². The predicted molar refractivity (Wildman–Crippen MR) is 107 cm³/mol. The molecule has 2 rings (SSSR count). The first-order valence-corrected chi connectivity index (χ1v) is 10.5. The summed E-state index contributed by atoms with van der Waals surface area (Å²) >= 11 is 0. The highest BCUT2D eigenvalue weighted by Crippen LogP contribution is 2.26. The number of hydrogen-bond donors (Lipinski definition) is 1. The number of carbonyl (C=O) groups is 3. The zero-order valence-electron chi connectivity index (χ0n) is 18.6. The van der Waals surface area contributed by atoms with Crippen molar-refractivity contribution < 1.29 is 28.6 Å². The fourth-order valence-corrected chi connectivity index (χ4v) is 3.35. The molecule has 0 radical (unpaired) electrons. The number of hydrogen-bond acceptors (Lipinski definition) is 7. The fourth-order valence-electron chi connectivity index (χ4n) is 3.35. The van der Waals surface area contributed by atoms with Gasteiger partial charge < -0.3 is 24.4 Å². The Morgan fingerprint density at radius 1 is 0.966 bits per heavy atom. The lowest BCUT2D eigenvalue weighted by molar-refractivity contribution is -0.180. The van der Waals surface area contributed by atoms with E-state index in [-0.39, 0.29) is 23.9 Å². The third-order valence-corrected chi connectivity index (χ3v) is 4.76. The summed E-state index contributed by atoms with van der Waals surface area (Å²) in [7, 11) is 0. The lowest BCUT2D eigenvalue weighted by Crippen LogP contribution is -2.53. The summed E-state index contributed by atoms with van der Waals surface area (Å²) in [4.78, 5) is 38.9. The SMILES string of the molecule is CC(C)(C)OC(=O)C(CC1CN(C(=O)OC(C)(C)C)C1)OC(=O)C1CCNCC1. The molecule has 1 N–H and O–H groups in total. The number of ether oxygens (including phenoxy) is 3. The van der Waals surface area contributed by atoms with E-state index in [4.69, 9.17) is 14.2 Å². The molecular formula is C21H36N2O6. The number of nitrogens with one attached hydrogen (secondary N) is 1. The van der Waals surface area contributed by atoms with Crippen LogP contribution in [0.2, 0.25) is 0 Å². The maximum absolute atomic E-state index is 12.6. The zero-order valence-corrected chi connectivity index (χ0v) is 18.6. The maximum atomic E-state index is 12.6. The molecule has 0 aromatic carbocycles. The second kappa shape index (κ2) is 9.32. The topological polar surface area (TPSA) is 94.2 Å². The van der Waals surface area contributed by atoms with Gasteiger partial charge in [0, 0.05) is 19.5 Å². The van der Waals surface area contributed by atoms with Crippen LogP contribution in [0.15, 0.2) is 0 Å². The van der Waals surface area contributed by atoms with Crippen molar-refractivity contribution in [1.82, 2.24) is 10.2 Å². The highest BCUT2D eigenvalue weighted by Gasteiger charge is 2.39. The van der Waals surface area contributed by atoms with E-state index in [1.165, 1.54) is 0 Å². The molecule has 2 aliphatic heterocycles. The molecule has 1 atom stereocenters. The van der Waals surface area contributed by atoms with Crippen molar-refractivity contribution in [1.29, 1.82) is 0 Å². The van der Waals surface area contributed by atoms with Crippen LogP contribution in [-0.4, -0.2) is 66.4 Å². The van der Waals surface area contributed by atoms with E-state index >= 15 is 0 Å². The van der Waals surface area contributed by atoms with Gasteiger partial charge in [-0.05, 0) is 73.4 Å².